The maximum Gasteiger partial charge on any atom is 0.233 e. The van der Waals surface area contributed by atoms with E-state index in [9.17, 15) is 9.18 Å². The minimum absolute atomic E-state index is 0.0602. The lowest BCUT2D eigenvalue weighted by Gasteiger charge is -2.32. The Balaban J connectivity index is 1.86. The Kier molecular flexibility index (Phi) is 5.18. The van der Waals surface area contributed by atoms with Crippen molar-refractivity contribution in [2.75, 3.05) is 32.1 Å². The molecule has 0 bridgehead atoms. The van der Waals surface area contributed by atoms with Gasteiger partial charge in [0.1, 0.15) is 5.82 Å². The number of amides is 1. The van der Waals surface area contributed by atoms with Gasteiger partial charge in [0.15, 0.2) is 0 Å². The first-order chi connectivity index (χ1) is 9.20. The molecule has 1 saturated heterocycles. The number of carbonyl (C=O) groups excluding carboxylic acids is 1. The predicted octanol–water partition coefficient (Wildman–Crippen LogP) is 1.14. The summed E-state index contributed by atoms with van der Waals surface area (Å²) in [6, 6.07) is 6.40. The molecule has 1 N–H and O–H groups in total. The summed E-state index contributed by atoms with van der Waals surface area (Å²) in [7, 11) is 0. The van der Waals surface area contributed by atoms with E-state index in [0.717, 1.165) is 0 Å². The minimum atomic E-state index is -0.310. The van der Waals surface area contributed by atoms with Crippen LogP contribution in [0.4, 0.5) is 4.39 Å². The van der Waals surface area contributed by atoms with E-state index in [2.05, 4.69) is 0 Å². The molecule has 1 aromatic carbocycles. The number of nitrogens with zero attached hydrogens (tertiary/aromatic N) is 1. The van der Waals surface area contributed by atoms with E-state index < -0.39 is 0 Å². The maximum absolute atomic E-state index is 13.4. The second-order valence-corrected chi connectivity index (χ2v) is 5.25. The molecule has 0 spiro atoms. The summed E-state index contributed by atoms with van der Waals surface area (Å²) < 4.78 is 18.7. The minimum Gasteiger partial charge on any atom is -0.394 e. The molecule has 0 saturated carbocycles. The number of benzene rings is 1. The van der Waals surface area contributed by atoms with Crippen molar-refractivity contribution in [2.45, 2.75) is 11.0 Å². The number of halogens is 1. The number of carbonyl (C=O) groups is 1. The van der Waals surface area contributed by atoms with E-state index in [1.165, 1.54) is 17.8 Å². The van der Waals surface area contributed by atoms with Crippen LogP contribution in [0.3, 0.4) is 0 Å². The van der Waals surface area contributed by atoms with Crippen molar-refractivity contribution in [1.82, 2.24) is 4.90 Å². The molecule has 0 aliphatic carbocycles. The fourth-order valence-electron chi connectivity index (χ4n) is 1.85. The molecule has 0 aromatic heterocycles. The van der Waals surface area contributed by atoms with Crippen molar-refractivity contribution in [3.05, 3.63) is 30.1 Å². The number of aliphatic hydroxyl groups is 1. The zero-order valence-corrected chi connectivity index (χ0v) is 11.2. The zero-order chi connectivity index (χ0) is 13.7. The van der Waals surface area contributed by atoms with Crippen molar-refractivity contribution in [3.8, 4) is 0 Å². The van der Waals surface area contributed by atoms with Crippen LogP contribution >= 0.6 is 11.8 Å². The number of morpholine rings is 1. The van der Waals surface area contributed by atoms with E-state index in [1.54, 1.807) is 23.1 Å². The van der Waals surface area contributed by atoms with Gasteiger partial charge < -0.3 is 14.7 Å². The molecule has 6 heteroatoms. The van der Waals surface area contributed by atoms with Crippen LogP contribution in [0.1, 0.15) is 0 Å². The largest absolute Gasteiger partial charge is 0.394 e. The van der Waals surface area contributed by atoms with Gasteiger partial charge in [-0.1, -0.05) is 12.1 Å². The standard InChI is InChI=1S/C13H16FNO3S/c14-11-3-1-2-4-12(11)19-9-13(17)15-5-6-18-10(7-15)8-16/h1-4,10,16H,5-9H2. The van der Waals surface area contributed by atoms with Gasteiger partial charge in [0.05, 0.1) is 25.1 Å². The molecule has 2 rings (SSSR count). The summed E-state index contributed by atoms with van der Waals surface area (Å²) in [5.74, 6) is -0.176. The number of hydrogen-bond acceptors (Lipinski definition) is 4. The maximum atomic E-state index is 13.4. The normalized spacial score (nSPS) is 19.5. The number of thioether (sulfide) groups is 1. The second kappa shape index (κ2) is 6.88. The first-order valence-corrected chi connectivity index (χ1v) is 7.07. The summed E-state index contributed by atoms with van der Waals surface area (Å²) >= 11 is 1.19. The zero-order valence-electron chi connectivity index (χ0n) is 10.4. The highest BCUT2D eigenvalue weighted by molar-refractivity contribution is 8.00. The van der Waals surface area contributed by atoms with E-state index in [1.807, 2.05) is 0 Å². The Morgan fingerprint density at radius 1 is 1.53 bits per heavy atom. The summed E-state index contributed by atoms with van der Waals surface area (Å²) in [6.45, 7) is 1.26. The molecule has 1 aliphatic rings. The lowest BCUT2D eigenvalue weighted by molar-refractivity contribution is -0.137. The van der Waals surface area contributed by atoms with Gasteiger partial charge in [-0.25, -0.2) is 4.39 Å². The van der Waals surface area contributed by atoms with E-state index in [4.69, 9.17) is 9.84 Å². The number of hydrogen-bond donors (Lipinski definition) is 1. The molecule has 1 atom stereocenters. The molecule has 1 aromatic rings. The highest BCUT2D eigenvalue weighted by Gasteiger charge is 2.23. The molecule has 1 fully saturated rings. The Hall–Kier alpha value is -1.11. The number of ether oxygens (including phenoxy) is 1. The molecule has 104 valence electrons. The topological polar surface area (TPSA) is 49.8 Å². The van der Waals surface area contributed by atoms with Crippen LogP contribution in [-0.4, -0.2) is 54.1 Å². The summed E-state index contributed by atoms with van der Waals surface area (Å²) in [5.41, 5.74) is 0. The van der Waals surface area contributed by atoms with Crippen molar-refractivity contribution in [1.29, 1.82) is 0 Å². The summed E-state index contributed by atoms with van der Waals surface area (Å²) in [4.78, 5) is 14.1. The fraction of sp³-hybridized carbons (Fsp3) is 0.462. The van der Waals surface area contributed by atoms with Gasteiger partial charge >= 0.3 is 0 Å². The van der Waals surface area contributed by atoms with Gasteiger partial charge in [0.2, 0.25) is 5.91 Å². The van der Waals surface area contributed by atoms with Crippen LogP contribution in [0.15, 0.2) is 29.2 Å². The van der Waals surface area contributed by atoms with Crippen LogP contribution in [0.5, 0.6) is 0 Å². The molecule has 1 heterocycles. The molecule has 19 heavy (non-hydrogen) atoms. The molecule has 1 unspecified atom stereocenters. The highest BCUT2D eigenvalue weighted by atomic mass is 32.2. The van der Waals surface area contributed by atoms with Crippen LogP contribution < -0.4 is 0 Å². The van der Waals surface area contributed by atoms with Crippen LogP contribution in [0.25, 0.3) is 0 Å². The molecular formula is C13H16FNO3S. The van der Waals surface area contributed by atoms with Crippen molar-refractivity contribution < 1.29 is 19.0 Å². The van der Waals surface area contributed by atoms with E-state index in [-0.39, 0.29) is 30.2 Å². The van der Waals surface area contributed by atoms with Gasteiger partial charge in [0.25, 0.3) is 0 Å². The Morgan fingerprint density at radius 2 is 2.32 bits per heavy atom. The Labute approximate surface area is 115 Å². The predicted molar refractivity (Wildman–Crippen MR) is 70.5 cm³/mol. The van der Waals surface area contributed by atoms with Gasteiger partial charge in [-0.05, 0) is 12.1 Å². The average molecular weight is 285 g/mol. The van der Waals surface area contributed by atoms with Crippen molar-refractivity contribution in [3.63, 3.8) is 0 Å². The van der Waals surface area contributed by atoms with Crippen LogP contribution in [0.2, 0.25) is 0 Å². The SMILES string of the molecule is O=C(CSc1ccccc1F)N1CCOC(CO)C1. The lowest BCUT2D eigenvalue weighted by atomic mass is 10.3. The van der Waals surface area contributed by atoms with Crippen LogP contribution in [-0.2, 0) is 9.53 Å². The van der Waals surface area contributed by atoms with Crippen molar-refractivity contribution >= 4 is 17.7 Å². The van der Waals surface area contributed by atoms with Gasteiger partial charge in [-0.15, -0.1) is 11.8 Å². The van der Waals surface area contributed by atoms with Gasteiger partial charge in [0, 0.05) is 18.0 Å². The highest BCUT2D eigenvalue weighted by Crippen LogP contribution is 2.21. The molecule has 4 nitrogen and oxygen atoms in total. The summed E-state index contributed by atoms with van der Waals surface area (Å²) in [6.07, 6.45) is -0.309. The quantitative estimate of drug-likeness (QED) is 0.843. The molecular weight excluding hydrogens is 269 g/mol. The lowest BCUT2D eigenvalue weighted by Crippen LogP contribution is -2.47. The Morgan fingerprint density at radius 3 is 3.05 bits per heavy atom. The molecule has 1 aliphatic heterocycles. The van der Waals surface area contributed by atoms with E-state index >= 15 is 0 Å². The Bertz CT molecular complexity index is 444. The first kappa shape index (κ1) is 14.3. The summed E-state index contributed by atoms with van der Waals surface area (Å²) in [5, 5.41) is 9.02. The third-order valence-corrected chi connectivity index (χ3v) is 3.92. The fourth-order valence-corrected chi connectivity index (χ4v) is 2.69. The van der Waals surface area contributed by atoms with Gasteiger partial charge in [-0.2, -0.15) is 0 Å². The monoisotopic (exact) mass is 285 g/mol. The third-order valence-electron chi connectivity index (χ3n) is 2.88. The number of aliphatic hydroxyl groups excluding tert-OH is 1. The van der Waals surface area contributed by atoms with E-state index in [0.29, 0.717) is 24.6 Å². The molecule has 1 amide bonds. The van der Waals surface area contributed by atoms with Crippen LogP contribution in [0, 0.1) is 5.82 Å². The third kappa shape index (κ3) is 3.92. The number of rotatable bonds is 4. The smallest absolute Gasteiger partial charge is 0.233 e. The second-order valence-electron chi connectivity index (χ2n) is 4.23. The first-order valence-electron chi connectivity index (χ1n) is 6.08. The van der Waals surface area contributed by atoms with Gasteiger partial charge in [-0.3, -0.25) is 4.79 Å². The molecule has 0 radical (unpaired) electrons. The van der Waals surface area contributed by atoms with Crippen molar-refractivity contribution in [2.24, 2.45) is 0 Å². The average Bonchev–Trinajstić information content (AvgIpc) is 2.46.